The zero-order valence-corrected chi connectivity index (χ0v) is 11.1. The van der Waals surface area contributed by atoms with Crippen LogP contribution in [0.25, 0.3) is 0 Å². The van der Waals surface area contributed by atoms with Gasteiger partial charge in [-0.3, -0.25) is 9.78 Å². The van der Waals surface area contributed by atoms with Crippen LogP contribution < -0.4 is 5.73 Å². The lowest BCUT2D eigenvalue weighted by Gasteiger charge is -2.06. The summed E-state index contributed by atoms with van der Waals surface area (Å²) in [6, 6.07) is 3.41. The number of aromatic nitrogens is 1. The average Bonchev–Trinajstić information content (AvgIpc) is 2.40. The van der Waals surface area contributed by atoms with Crippen molar-refractivity contribution in [3.8, 4) is 0 Å². The molecule has 0 saturated carbocycles. The largest absolute Gasteiger partial charge is 0.463 e. The van der Waals surface area contributed by atoms with Crippen LogP contribution in [0.3, 0.4) is 0 Å². The van der Waals surface area contributed by atoms with Gasteiger partial charge in [-0.25, -0.2) is 0 Å². The van der Waals surface area contributed by atoms with E-state index in [-0.39, 0.29) is 19.0 Å². The zero-order chi connectivity index (χ0) is 13.9. The number of rotatable bonds is 9. The van der Waals surface area contributed by atoms with Gasteiger partial charge in [0, 0.05) is 20.3 Å². The maximum absolute atomic E-state index is 11.5. The van der Waals surface area contributed by atoms with Crippen LogP contribution in [0.4, 0.5) is 5.69 Å². The molecule has 1 aromatic heterocycles. The van der Waals surface area contributed by atoms with Crippen molar-refractivity contribution < 1.29 is 19.0 Å². The molecule has 19 heavy (non-hydrogen) atoms. The highest BCUT2D eigenvalue weighted by molar-refractivity contribution is 5.72. The molecule has 1 rings (SSSR count). The first-order valence-corrected chi connectivity index (χ1v) is 6.15. The topological polar surface area (TPSA) is 83.7 Å². The second-order valence-corrected chi connectivity index (χ2v) is 3.94. The van der Waals surface area contributed by atoms with Gasteiger partial charge in [-0.2, -0.15) is 0 Å². The molecule has 1 aromatic rings. The molecule has 0 atom stereocenters. The van der Waals surface area contributed by atoms with Gasteiger partial charge in [0.2, 0.25) is 0 Å². The van der Waals surface area contributed by atoms with Crippen LogP contribution in [-0.4, -0.2) is 44.5 Å². The number of hydrogen-bond acceptors (Lipinski definition) is 6. The number of nitrogen functional groups attached to an aromatic ring is 1. The number of methoxy groups -OCH3 is 1. The molecule has 0 aromatic carbocycles. The van der Waals surface area contributed by atoms with Gasteiger partial charge < -0.3 is 19.9 Å². The first-order chi connectivity index (χ1) is 9.22. The second kappa shape index (κ2) is 9.29. The molecule has 0 aliphatic rings. The molecule has 0 aliphatic carbocycles. The molecule has 0 unspecified atom stereocenters. The van der Waals surface area contributed by atoms with Gasteiger partial charge in [0.1, 0.15) is 6.61 Å². The Morgan fingerprint density at radius 2 is 2.11 bits per heavy atom. The average molecular weight is 268 g/mol. The lowest BCUT2D eigenvalue weighted by Crippen LogP contribution is -2.14. The molecule has 0 spiro atoms. The summed E-state index contributed by atoms with van der Waals surface area (Å²) in [7, 11) is 1.65. The van der Waals surface area contributed by atoms with E-state index in [0.29, 0.717) is 31.2 Å². The normalized spacial score (nSPS) is 10.4. The van der Waals surface area contributed by atoms with Crippen molar-refractivity contribution in [3.63, 3.8) is 0 Å². The van der Waals surface area contributed by atoms with E-state index in [9.17, 15) is 4.79 Å². The number of carbonyl (C=O) groups is 1. The lowest BCUT2D eigenvalue weighted by atomic mass is 10.2. The smallest absolute Gasteiger partial charge is 0.311 e. The Hall–Kier alpha value is -1.66. The molecule has 0 fully saturated rings. The minimum atomic E-state index is -0.322. The van der Waals surface area contributed by atoms with E-state index in [1.54, 1.807) is 19.2 Å². The number of pyridine rings is 1. The molecule has 106 valence electrons. The summed E-state index contributed by atoms with van der Waals surface area (Å²) in [6.45, 7) is 1.92. The number of carbonyl (C=O) groups excluding carboxylic acids is 1. The van der Waals surface area contributed by atoms with Crippen molar-refractivity contribution in [1.82, 2.24) is 4.98 Å². The highest BCUT2D eigenvalue weighted by atomic mass is 16.6. The van der Waals surface area contributed by atoms with Crippen LogP contribution >= 0.6 is 0 Å². The Morgan fingerprint density at radius 1 is 1.26 bits per heavy atom. The molecule has 0 saturated heterocycles. The van der Waals surface area contributed by atoms with Crippen molar-refractivity contribution in [2.24, 2.45) is 0 Å². The Labute approximate surface area is 112 Å². The summed E-state index contributed by atoms with van der Waals surface area (Å²) in [5, 5.41) is 0. The summed E-state index contributed by atoms with van der Waals surface area (Å²) in [5.74, 6) is -0.322. The van der Waals surface area contributed by atoms with E-state index in [1.165, 1.54) is 6.20 Å². The number of ether oxygens (including phenoxy) is 3. The van der Waals surface area contributed by atoms with Crippen LogP contribution in [0.5, 0.6) is 0 Å². The number of anilines is 1. The van der Waals surface area contributed by atoms with E-state index < -0.39 is 0 Å². The Bertz CT molecular complexity index is 367. The van der Waals surface area contributed by atoms with Crippen LogP contribution in [0.15, 0.2) is 18.3 Å². The van der Waals surface area contributed by atoms with Crippen LogP contribution in [0.2, 0.25) is 0 Å². The molecule has 0 bridgehead atoms. The molecule has 0 aliphatic heterocycles. The summed E-state index contributed by atoms with van der Waals surface area (Å²) >= 11 is 0. The lowest BCUT2D eigenvalue weighted by molar-refractivity contribution is -0.144. The third-order valence-electron chi connectivity index (χ3n) is 2.30. The SMILES string of the molecule is COCCCOCCOC(=O)Cc1ccc(N)cn1. The fourth-order valence-corrected chi connectivity index (χ4v) is 1.36. The van der Waals surface area contributed by atoms with Gasteiger partial charge in [-0.05, 0) is 18.6 Å². The van der Waals surface area contributed by atoms with Crippen molar-refractivity contribution in [3.05, 3.63) is 24.0 Å². The predicted octanol–water partition coefficient (Wildman–Crippen LogP) is 0.803. The first-order valence-electron chi connectivity index (χ1n) is 6.15. The highest BCUT2D eigenvalue weighted by Gasteiger charge is 2.05. The molecular weight excluding hydrogens is 248 g/mol. The van der Waals surface area contributed by atoms with Crippen LogP contribution in [0.1, 0.15) is 12.1 Å². The van der Waals surface area contributed by atoms with E-state index in [1.807, 2.05) is 0 Å². The number of nitrogens with two attached hydrogens (primary N) is 1. The van der Waals surface area contributed by atoms with Gasteiger partial charge in [0.25, 0.3) is 0 Å². The van der Waals surface area contributed by atoms with E-state index in [0.717, 1.165) is 6.42 Å². The minimum absolute atomic E-state index is 0.143. The van der Waals surface area contributed by atoms with Gasteiger partial charge in [0.15, 0.2) is 0 Å². The third-order valence-corrected chi connectivity index (χ3v) is 2.30. The Kier molecular flexibility index (Phi) is 7.53. The van der Waals surface area contributed by atoms with Crippen molar-refractivity contribution in [2.45, 2.75) is 12.8 Å². The number of nitrogens with zero attached hydrogens (tertiary/aromatic N) is 1. The van der Waals surface area contributed by atoms with Gasteiger partial charge >= 0.3 is 5.97 Å². The minimum Gasteiger partial charge on any atom is -0.463 e. The molecule has 6 nitrogen and oxygen atoms in total. The third kappa shape index (κ3) is 7.38. The predicted molar refractivity (Wildman–Crippen MR) is 70.6 cm³/mol. The van der Waals surface area contributed by atoms with E-state index in [2.05, 4.69) is 4.98 Å². The van der Waals surface area contributed by atoms with Gasteiger partial charge in [-0.1, -0.05) is 0 Å². The summed E-state index contributed by atoms with van der Waals surface area (Å²) in [5.41, 5.74) is 6.71. The molecule has 6 heteroatoms. The monoisotopic (exact) mass is 268 g/mol. The van der Waals surface area contributed by atoms with Gasteiger partial charge in [-0.15, -0.1) is 0 Å². The van der Waals surface area contributed by atoms with Crippen LogP contribution in [-0.2, 0) is 25.4 Å². The molecule has 2 N–H and O–H groups in total. The summed E-state index contributed by atoms with van der Waals surface area (Å²) in [6.07, 6.45) is 2.49. The van der Waals surface area contributed by atoms with Crippen LogP contribution in [0, 0.1) is 0 Å². The Morgan fingerprint density at radius 3 is 2.79 bits per heavy atom. The summed E-state index contributed by atoms with van der Waals surface area (Å²) < 4.78 is 15.2. The van der Waals surface area contributed by atoms with E-state index >= 15 is 0 Å². The summed E-state index contributed by atoms with van der Waals surface area (Å²) in [4.78, 5) is 15.5. The Balaban J connectivity index is 2.06. The molecule has 1 heterocycles. The zero-order valence-electron chi connectivity index (χ0n) is 11.1. The molecule has 0 amide bonds. The van der Waals surface area contributed by atoms with Crippen molar-refractivity contribution in [2.75, 3.05) is 39.3 Å². The fourth-order valence-electron chi connectivity index (χ4n) is 1.36. The standard InChI is InChI=1S/C13H20N2O4/c1-17-5-2-6-18-7-8-19-13(16)9-12-4-3-11(14)10-15-12/h3-4,10H,2,5-9,14H2,1H3. The second-order valence-electron chi connectivity index (χ2n) is 3.94. The molecular formula is C13H20N2O4. The van der Waals surface area contributed by atoms with E-state index in [4.69, 9.17) is 19.9 Å². The highest BCUT2D eigenvalue weighted by Crippen LogP contribution is 2.02. The molecule has 0 radical (unpaired) electrons. The number of esters is 1. The van der Waals surface area contributed by atoms with Crippen molar-refractivity contribution in [1.29, 1.82) is 0 Å². The first kappa shape index (κ1) is 15.4. The quantitative estimate of drug-likeness (QED) is 0.527. The maximum Gasteiger partial charge on any atom is 0.311 e. The van der Waals surface area contributed by atoms with Gasteiger partial charge in [0.05, 0.1) is 30.6 Å². The maximum atomic E-state index is 11.5. The fraction of sp³-hybridized carbons (Fsp3) is 0.538. The van der Waals surface area contributed by atoms with Crippen molar-refractivity contribution >= 4 is 11.7 Å². The number of hydrogen-bond donors (Lipinski definition) is 1.